The maximum absolute atomic E-state index is 12.3. The molecule has 0 spiro atoms. The normalized spacial score (nSPS) is 14.7. The lowest BCUT2D eigenvalue weighted by Crippen LogP contribution is -2.42. The number of hydrogen-bond donors (Lipinski definition) is 0. The Balaban J connectivity index is 2.10. The molecule has 23 heavy (non-hydrogen) atoms. The second-order valence-electron chi connectivity index (χ2n) is 6.16. The highest BCUT2D eigenvalue weighted by molar-refractivity contribution is 5.94. The number of aryl methyl sites for hydroxylation is 3. The maximum atomic E-state index is 12.3. The Morgan fingerprint density at radius 3 is 2.22 bits per heavy atom. The van der Waals surface area contributed by atoms with Gasteiger partial charge in [-0.3, -0.25) is 9.59 Å². The van der Waals surface area contributed by atoms with Crippen molar-refractivity contribution in [2.75, 3.05) is 37.7 Å². The SMILES string of the molecule is CC(=O)N(CCC(=O)N1CCOCC1)c1c(C)cc(C)cc1C. The summed E-state index contributed by atoms with van der Waals surface area (Å²) < 4.78 is 5.27. The van der Waals surface area contributed by atoms with Crippen LogP contribution in [0.2, 0.25) is 0 Å². The first-order valence-corrected chi connectivity index (χ1v) is 8.11. The third-order valence-electron chi connectivity index (χ3n) is 4.20. The number of carbonyl (C=O) groups excluding carboxylic acids is 2. The van der Waals surface area contributed by atoms with Gasteiger partial charge in [0.2, 0.25) is 11.8 Å². The molecule has 1 aliphatic heterocycles. The van der Waals surface area contributed by atoms with Crippen molar-refractivity contribution in [2.45, 2.75) is 34.1 Å². The van der Waals surface area contributed by atoms with E-state index in [1.54, 1.807) is 11.8 Å². The Morgan fingerprint density at radius 2 is 1.70 bits per heavy atom. The number of morpholine rings is 1. The molecule has 2 amide bonds. The minimum absolute atomic E-state index is 0.0326. The average molecular weight is 318 g/mol. The first kappa shape index (κ1) is 17.5. The average Bonchev–Trinajstić information content (AvgIpc) is 2.49. The van der Waals surface area contributed by atoms with Crippen molar-refractivity contribution in [3.8, 4) is 0 Å². The van der Waals surface area contributed by atoms with Gasteiger partial charge in [-0.05, 0) is 31.9 Å². The molecule has 5 nitrogen and oxygen atoms in total. The molecule has 0 aromatic heterocycles. The first-order valence-electron chi connectivity index (χ1n) is 8.11. The number of rotatable bonds is 4. The second kappa shape index (κ2) is 7.59. The van der Waals surface area contributed by atoms with Crippen molar-refractivity contribution >= 4 is 17.5 Å². The predicted octanol–water partition coefficient (Wildman–Crippen LogP) is 2.21. The second-order valence-corrected chi connectivity index (χ2v) is 6.16. The molecular weight excluding hydrogens is 292 g/mol. The van der Waals surface area contributed by atoms with Gasteiger partial charge in [-0.1, -0.05) is 17.7 Å². The van der Waals surface area contributed by atoms with Crippen LogP contribution in [0.5, 0.6) is 0 Å². The van der Waals surface area contributed by atoms with Crippen LogP contribution in [-0.4, -0.2) is 49.6 Å². The van der Waals surface area contributed by atoms with Crippen LogP contribution in [0.3, 0.4) is 0 Å². The summed E-state index contributed by atoms with van der Waals surface area (Å²) in [7, 11) is 0. The zero-order valence-corrected chi connectivity index (χ0v) is 14.5. The lowest BCUT2D eigenvalue weighted by Gasteiger charge is -2.29. The molecular formula is C18H26N2O3. The van der Waals surface area contributed by atoms with E-state index >= 15 is 0 Å². The van der Waals surface area contributed by atoms with Crippen LogP contribution in [0.25, 0.3) is 0 Å². The summed E-state index contributed by atoms with van der Waals surface area (Å²) in [5, 5.41) is 0. The van der Waals surface area contributed by atoms with E-state index < -0.39 is 0 Å². The molecule has 1 aliphatic rings. The van der Waals surface area contributed by atoms with Crippen molar-refractivity contribution in [1.29, 1.82) is 0 Å². The number of benzene rings is 1. The number of amides is 2. The van der Waals surface area contributed by atoms with Crippen molar-refractivity contribution in [2.24, 2.45) is 0 Å². The van der Waals surface area contributed by atoms with E-state index in [1.165, 1.54) is 5.56 Å². The first-order chi connectivity index (χ1) is 10.9. The fourth-order valence-electron chi connectivity index (χ4n) is 3.20. The van der Waals surface area contributed by atoms with Crippen LogP contribution in [0, 0.1) is 20.8 Å². The zero-order chi connectivity index (χ0) is 17.0. The van der Waals surface area contributed by atoms with E-state index in [9.17, 15) is 9.59 Å². The van der Waals surface area contributed by atoms with Crippen LogP contribution in [0.4, 0.5) is 5.69 Å². The Bertz CT molecular complexity index is 569. The van der Waals surface area contributed by atoms with Gasteiger partial charge in [-0.25, -0.2) is 0 Å². The Hall–Kier alpha value is -1.88. The Morgan fingerprint density at radius 1 is 1.13 bits per heavy atom. The molecule has 5 heteroatoms. The molecule has 0 radical (unpaired) electrons. The number of nitrogens with zero attached hydrogens (tertiary/aromatic N) is 2. The summed E-state index contributed by atoms with van der Waals surface area (Å²) in [6.07, 6.45) is 0.340. The fraction of sp³-hybridized carbons (Fsp3) is 0.556. The zero-order valence-electron chi connectivity index (χ0n) is 14.5. The smallest absolute Gasteiger partial charge is 0.224 e. The van der Waals surface area contributed by atoms with Gasteiger partial charge in [0.25, 0.3) is 0 Å². The summed E-state index contributed by atoms with van der Waals surface area (Å²) in [6.45, 7) is 10.5. The van der Waals surface area contributed by atoms with Gasteiger partial charge in [0.15, 0.2) is 0 Å². The van der Waals surface area contributed by atoms with E-state index in [2.05, 4.69) is 12.1 Å². The van der Waals surface area contributed by atoms with E-state index in [4.69, 9.17) is 4.74 Å². The van der Waals surface area contributed by atoms with Gasteiger partial charge < -0.3 is 14.5 Å². The highest BCUT2D eigenvalue weighted by Gasteiger charge is 2.21. The third-order valence-corrected chi connectivity index (χ3v) is 4.20. The minimum atomic E-state index is -0.0326. The van der Waals surface area contributed by atoms with Crippen molar-refractivity contribution in [1.82, 2.24) is 4.90 Å². The molecule has 126 valence electrons. The summed E-state index contributed by atoms with van der Waals surface area (Å²) in [5.74, 6) is 0.0526. The standard InChI is InChI=1S/C18H26N2O3/c1-13-11-14(2)18(15(3)12-13)20(16(4)21)6-5-17(22)19-7-9-23-10-8-19/h11-12H,5-10H2,1-4H3. The minimum Gasteiger partial charge on any atom is -0.378 e. The van der Waals surface area contributed by atoms with Crippen LogP contribution in [0.15, 0.2) is 12.1 Å². The lowest BCUT2D eigenvalue weighted by atomic mass is 10.0. The lowest BCUT2D eigenvalue weighted by molar-refractivity contribution is -0.135. The molecule has 0 saturated carbocycles. The largest absolute Gasteiger partial charge is 0.378 e. The Labute approximate surface area is 138 Å². The fourth-order valence-corrected chi connectivity index (χ4v) is 3.20. The topological polar surface area (TPSA) is 49.9 Å². The Kier molecular flexibility index (Phi) is 5.77. The highest BCUT2D eigenvalue weighted by atomic mass is 16.5. The van der Waals surface area contributed by atoms with Gasteiger partial charge in [0, 0.05) is 38.7 Å². The molecule has 0 atom stereocenters. The molecule has 0 unspecified atom stereocenters. The van der Waals surface area contributed by atoms with E-state index in [-0.39, 0.29) is 11.8 Å². The number of carbonyl (C=O) groups is 2. The van der Waals surface area contributed by atoms with Crippen LogP contribution < -0.4 is 4.90 Å². The summed E-state index contributed by atoms with van der Waals surface area (Å²) in [4.78, 5) is 28.0. The van der Waals surface area contributed by atoms with Crippen molar-refractivity contribution < 1.29 is 14.3 Å². The predicted molar refractivity (Wildman–Crippen MR) is 90.7 cm³/mol. The molecule has 1 saturated heterocycles. The quantitative estimate of drug-likeness (QED) is 0.855. The number of anilines is 1. The van der Waals surface area contributed by atoms with Gasteiger partial charge >= 0.3 is 0 Å². The molecule has 1 heterocycles. The van der Waals surface area contributed by atoms with Crippen LogP contribution >= 0.6 is 0 Å². The summed E-state index contributed by atoms with van der Waals surface area (Å²) >= 11 is 0. The number of ether oxygens (including phenoxy) is 1. The van der Waals surface area contributed by atoms with Crippen LogP contribution in [0.1, 0.15) is 30.0 Å². The van der Waals surface area contributed by atoms with Crippen molar-refractivity contribution in [3.63, 3.8) is 0 Å². The molecule has 0 aliphatic carbocycles. The van der Waals surface area contributed by atoms with Gasteiger partial charge in [0.05, 0.1) is 13.2 Å². The summed E-state index contributed by atoms with van der Waals surface area (Å²) in [5.41, 5.74) is 4.24. The van der Waals surface area contributed by atoms with E-state index in [1.807, 2.05) is 25.7 Å². The molecule has 2 rings (SSSR count). The maximum Gasteiger partial charge on any atom is 0.224 e. The van der Waals surface area contributed by atoms with Gasteiger partial charge in [-0.15, -0.1) is 0 Å². The monoisotopic (exact) mass is 318 g/mol. The number of hydrogen-bond acceptors (Lipinski definition) is 3. The highest BCUT2D eigenvalue weighted by Crippen LogP contribution is 2.26. The van der Waals surface area contributed by atoms with E-state index in [0.717, 1.165) is 16.8 Å². The van der Waals surface area contributed by atoms with Crippen LogP contribution in [-0.2, 0) is 14.3 Å². The van der Waals surface area contributed by atoms with Gasteiger partial charge in [0.1, 0.15) is 0 Å². The molecule has 0 bridgehead atoms. The molecule has 1 aromatic carbocycles. The third kappa shape index (κ3) is 4.32. The summed E-state index contributed by atoms with van der Waals surface area (Å²) in [6, 6.07) is 4.14. The molecule has 1 fully saturated rings. The van der Waals surface area contributed by atoms with E-state index in [0.29, 0.717) is 39.3 Å². The van der Waals surface area contributed by atoms with Crippen molar-refractivity contribution in [3.05, 3.63) is 28.8 Å². The molecule has 1 aromatic rings. The van der Waals surface area contributed by atoms with Gasteiger partial charge in [-0.2, -0.15) is 0 Å². The molecule has 0 N–H and O–H groups in total.